The minimum Gasteiger partial charge on any atom is -0.354 e. The molecule has 2 amide bonds. The molecule has 0 aliphatic carbocycles. The maximum absolute atomic E-state index is 13.5. The Balaban J connectivity index is 1.57. The largest absolute Gasteiger partial charge is 0.354 e. The molecule has 1 N–H and O–H groups in total. The molecule has 2 heterocycles. The Bertz CT molecular complexity index is 610. The Hall–Kier alpha value is -1.56. The van der Waals surface area contributed by atoms with Crippen molar-refractivity contribution < 1.29 is 14.0 Å². The Kier molecular flexibility index (Phi) is 4.12. The van der Waals surface area contributed by atoms with Gasteiger partial charge in [-0.25, -0.2) is 4.39 Å². The quantitative estimate of drug-likeness (QED) is 0.922. The smallest absolute Gasteiger partial charge is 0.243 e. The summed E-state index contributed by atoms with van der Waals surface area (Å²) in [5, 5.41) is 2.84. The van der Waals surface area contributed by atoms with E-state index in [9.17, 15) is 14.0 Å². The molecular weight excluding hydrogens is 303 g/mol. The molecule has 0 aromatic heterocycles. The van der Waals surface area contributed by atoms with Crippen LogP contribution in [0.25, 0.3) is 0 Å². The number of carbonyl (C=O) groups is 2. The van der Waals surface area contributed by atoms with Crippen LogP contribution >= 0.6 is 11.8 Å². The summed E-state index contributed by atoms with van der Waals surface area (Å²) < 4.78 is 13.5. The van der Waals surface area contributed by atoms with Crippen LogP contribution in [0, 0.1) is 5.82 Å². The molecule has 2 fully saturated rings. The molecule has 0 saturated carbocycles. The Morgan fingerprint density at radius 3 is 3.05 bits per heavy atom. The van der Waals surface area contributed by atoms with E-state index in [1.807, 2.05) is 6.92 Å². The predicted molar refractivity (Wildman–Crippen MR) is 83.8 cm³/mol. The molecule has 2 atom stereocenters. The van der Waals surface area contributed by atoms with Gasteiger partial charge in [-0.05, 0) is 31.4 Å². The van der Waals surface area contributed by atoms with E-state index in [1.54, 1.807) is 34.9 Å². The van der Waals surface area contributed by atoms with E-state index in [2.05, 4.69) is 5.32 Å². The topological polar surface area (TPSA) is 49.4 Å². The van der Waals surface area contributed by atoms with E-state index in [4.69, 9.17) is 0 Å². The zero-order valence-electron chi connectivity index (χ0n) is 12.5. The minimum atomic E-state index is -0.398. The van der Waals surface area contributed by atoms with Crippen molar-refractivity contribution in [3.8, 4) is 0 Å². The van der Waals surface area contributed by atoms with Crippen LogP contribution in [0.4, 0.5) is 4.39 Å². The third kappa shape index (κ3) is 2.72. The maximum atomic E-state index is 13.5. The average Bonchev–Trinajstić information content (AvgIpc) is 2.98. The van der Waals surface area contributed by atoms with Gasteiger partial charge in [0.05, 0.1) is 4.87 Å². The second kappa shape index (κ2) is 5.91. The summed E-state index contributed by atoms with van der Waals surface area (Å²) in [6, 6.07) is 6.16. The Labute approximate surface area is 133 Å². The molecule has 0 bridgehead atoms. The molecule has 1 aromatic rings. The number of amides is 2. The fraction of sp³-hybridized carbons (Fsp3) is 0.500. The number of nitrogens with one attached hydrogen (secondary N) is 1. The van der Waals surface area contributed by atoms with Gasteiger partial charge in [0, 0.05) is 18.7 Å². The van der Waals surface area contributed by atoms with E-state index >= 15 is 0 Å². The van der Waals surface area contributed by atoms with Crippen molar-refractivity contribution in [3.63, 3.8) is 0 Å². The molecule has 22 heavy (non-hydrogen) atoms. The van der Waals surface area contributed by atoms with Crippen molar-refractivity contribution in [3.05, 3.63) is 35.6 Å². The number of fused-ring (bicyclic) bond motifs is 1. The molecule has 0 spiro atoms. The lowest BCUT2D eigenvalue weighted by Gasteiger charge is -2.29. The van der Waals surface area contributed by atoms with E-state index in [1.165, 1.54) is 6.07 Å². The first kappa shape index (κ1) is 15.3. The van der Waals surface area contributed by atoms with Gasteiger partial charge in [0.15, 0.2) is 0 Å². The number of hydrogen-bond donors (Lipinski definition) is 1. The molecule has 2 unspecified atom stereocenters. The summed E-state index contributed by atoms with van der Waals surface area (Å²) in [6.45, 7) is 2.40. The molecular formula is C16H19FN2O2S. The first-order valence-electron chi connectivity index (χ1n) is 7.48. The molecule has 2 aliphatic rings. The van der Waals surface area contributed by atoms with Crippen LogP contribution in [-0.2, 0) is 16.0 Å². The summed E-state index contributed by atoms with van der Waals surface area (Å²) in [4.78, 5) is 25.8. The summed E-state index contributed by atoms with van der Waals surface area (Å²) in [7, 11) is 0. The number of thioether (sulfide) groups is 1. The number of halogens is 1. The molecule has 2 saturated heterocycles. The third-order valence-corrected chi connectivity index (χ3v) is 5.90. The predicted octanol–water partition coefficient (Wildman–Crippen LogP) is 1.94. The Morgan fingerprint density at radius 2 is 2.27 bits per heavy atom. The molecule has 1 aromatic carbocycles. The van der Waals surface area contributed by atoms with Crippen molar-refractivity contribution in [2.45, 2.75) is 37.1 Å². The lowest BCUT2D eigenvalue weighted by molar-refractivity contribution is -0.137. The standard InChI is InChI=1S/C16H19FN2O2S/c1-16-8-6-14(20)19(16)13(10-22-16)15(21)18-9-7-11-4-2-3-5-12(11)17/h2-5,13H,6-10H2,1H3,(H,18,21). The second-order valence-corrected chi connectivity index (χ2v) is 7.40. The highest BCUT2D eigenvalue weighted by molar-refractivity contribution is 8.01. The normalized spacial score (nSPS) is 27.1. The van der Waals surface area contributed by atoms with Crippen molar-refractivity contribution in [1.29, 1.82) is 0 Å². The molecule has 2 aliphatic heterocycles. The van der Waals surface area contributed by atoms with E-state index < -0.39 is 6.04 Å². The van der Waals surface area contributed by atoms with Gasteiger partial charge >= 0.3 is 0 Å². The summed E-state index contributed by atoms with van der Waals surface area (Å²) in [5.41, 5.74) is 0.589. The number of hydrogen-bond acceptors (Lipinski definition) is 3. The molecule has 6 heteroatoms. The molecule has 118 valence electrons. The van der Waals surface area contributed by atoms with E-state index in [0.29, 0.717) is 30.7 Å². The zero-order chi connectivity index (χ0) is 15.7. The number of rotatable bonds is 4. The van der Waals surface area contributed by atoms with Gasteiger partial charge in [-0.15, -0.1) is 11.8 Å². The SMILES string of the molecule is CC12CCC(=O)N1C(C(=O)NCCc1ccccc1F)CS2. The van der Waals surface area contributed by atoms with Crippen LogP contribution in [0.15, 0.2) is 24.3 Å². The first-order valence-corrected chi connectivity index (χ1v) is 8.47. The van der Waals surface area contributed by atoms with Crippen molar-refractivity contribution in [2.75, 3.05) is 12.3 Å². The van der Waals surface area contributed by atoms with Crippen molar-refractivity contribution in [2.24, 2.45) is 0 Å². The van der Waals surface area contributed by atoms with E-state index in [-0.39, 0.29) is 22.5 Å². The van der Waals surface area contributed by atoms with E-state index in [0.717, 1.165) is 6.42 Å². The van der Waals surface area contributed by atoms with Gasteiger partial charge < -0.3 is 10.2 Å². The monoisotopic (exact) mass is 322 g/mol. The molecule has 0 radical (unpaired) electrons. The van der Waals surface area contributed by atoms with Gasteiger partial charge in [-0.2, -0.15) is 0 Å². The minimum absolute atomic E-state index is 0.0572. The third-order valence-electron chi connectivity index (χ3n) is 4.40. The van der Waals surface area contributed by atoms with Crippen LogP contribution in [0.2, 0.25) is 0 Å². The highest BCUT2D eigenvalue weighted by Crippen LogP contribution is 2.47. The lowest BCUT2D eigenvalue weighted by Crippen LogP contribution is -2.50. The molecule has 4 nitrogen and oxygen atoms in total. The number of nitrogens with zero attached hydrogens (tertiary/aromatic N) is 1. The van der Waals surface area contributed by atoms with Crippen LogP contribution < -0.4 is 5.32 Å². The highest BCUT2D eigenvalue weighted by Gasteiger charge is 2.52. The fourth-order valence-electron chi connectivity index (χ4n) is 3.15. The van der Waals surface area contributed by atoms with Crippen molar-refractivity contribution in [1.82, 2.24) is 10.2 Å². The van der Waals surface area contributed by atoms with Gasteiger partial charge in [0.2, 0.25) is 11.8 Å². The van der Waals surface area contributed by atoms with Crippen LogP contribution in [-0.4, -0.2) is 39.9 Å². The highest BCUT2D eigenvalue weighted by atomic mass is 32.2. The lowest BCUT2D eigenvalue weighted by atomic mass is 10.1. The van der Waals surface area contributed by atoms with Crippen molar-refractivity contribution >= 4 is 23.6 Å². The van der Waals surface area contributed by atoms with Crippen LogP contribution in [0.5, 0.6) is 0 Å². The summed E-state index contributed by atoms with van der Waals surface area (Å²) in [5.74, 6) is 0.299. The summed E-state index contributed by atoms with van der Waals surface area (Å²) in [6.07, 6.45) is 1.77. The molecule has 3 rings (SSSR count). The summed E-state index contributed by atoms with van der Waals surface area (Å²) >= 11 is 1.67. The first-order chi connectivity index (χ1) is 10.5. The van der Waals surface area contributed by atoms with Gasteiger partial charge in [0.1, 0.15) is 11.9 Å². The van der Waals surface area contributed by atoms with Gasteiger partial charge in [-0.1, -0.05) is 18.2 Å². The van der Waals surface area contributed by atoms with Crippen LogP contribution in [0.1, 0.15) is 25.3 Å². The maximum Gasteiger partial charge on any atom is 0.243 e. The van der Waals surface area contributed by atoms with Gasteiger partial charge in [-0.3, -0.25) is 9.59 Å². The fourth-order valence-corrected chi connectivity index (χ4v) is 4.59. The number of carbonyl (C=O) groups excluding carboxylic acids is 2. The average molecular weight is 322 g/mol. The Morgan fingerprint density at radius 1 is 1.50 bits per heavy atom. The van der Waals surface area contributed by atoms with Crippen LogP contribution in [0.3, 0.4) is 0 Å². The zero-order valence-corrected chi connectivity index (χ0v) is 13.3. The number of benzene rings is 1. The second-order valence-electron chi connectivity index (χ2n) is 5.90. The van der Waals surface area contributed by atoms with Gasteiger partial charge in [0.25, 0.3) is 0 Å².